The van der Waals surface area contributed by atoms with Crippen molar-refractivity contribution in [1.29, 1.82) is 0 Å². The average Bonchev–Trinajstić information content (AvgIpc) is 2.30. The number of rotatable bonds is 3. The van der Waals surface area contributed by atoms with E-state index in [0.717, 1.165) is 42.6 Å². The minimum Gasteiger partial charge on any atom is -0.496 e. The number of aryl methyl sites for hydroxylation is 2. The maximum atomic E-state index is 11.8. The SMILES string of the molecule is CCCc1cc2c(cc1OC)CCCC2=O. The summed E-state index contributed by atoms with van der Waals surface area (Å²) in [5, 5.41) is 0. The maximum absolute atomic E-state index is 11.8. The Morgan fingerprint density at radius 1 is 1.31 bits per heavy atom. The van der Waals surface area contributed by atoms with E-state index < -0.39 is 0 Å². The molecule has 16 heavy (non-hydrogen) atoms. The van der Waals surface area contributed by atoms with Crippen molar-refractivity contribution in [2.24, 2.45) is 0 Å². The van der Waals surface area contributed by atoms with Crippen LogP contribution in [0.2, 0.25) is 0 Å². The van der Waals surface area contributed by atoms with Gasteiger partial charge in [-0.1, -0.05) is 13.3 Å². The van der Waals surface area contributed by atoms with E-state index in [1.807, 2.05) is 6.07 Å². The van der Waals surface area contributed by atoms with Crippen molar-refractivity contribution in [2.45, 2.75) is 39.0 Å². The summed E-state index contributed by atoms with van der Waals surface area (Å²) < 4.78 is 5.39. The van der Waals surface area contributed by atoms with Crippen LogP contribution < -0.4 is 4.74 Å². The van der Waals surface area contributed by atoms with E-state index in [0.29, 0.717) is 12.2 Å². The molecule has 0 aliphatic heterocycles. The second-order valence-electron chi connectivity index (χ2n) is 4.35. The van der Waals surface area contributed by atoms with E-state index in [9.17, 15) is 4.79 Å². The van der Waals surface area contributed by atoms with Gasteiger partial charge in [-0.15, -0.1) is 0 Å². The lowest BCUT2D eigenvalue weighted by atomic mass is 9.88. The highest BCUT2D eigenvalue weighted by molar-refractivity contribution is 5.98. The van der Waals surface area contributed by atoms with E-state index in [2.05, 4.69) is 13.0 Å². The van der Waals surface area contributed by atoms with Gasteiger partial charge in [0.15, 0.2) is 5.78 Å². The number of fused-ring (bicyclic) bond motifs is 1. The Kier molecular flexibility index (Phi) is 3.28. The second-order valence-corrected chi connectivity index (χ2v) is 4.35. The molecule has 1 aliphatic carbocycles. The predicted octanol–water partition coefficient (Wildman–Crippen LogP) is 3.17. The summed E-state index contributed by atoms with van der Waals surface area (Å²) in [6.07, 6.45) is 4.73. The normalized spacial score (nSPS) is 14.8. The molecule has 0 bridgehead atoms. The number of carbonyl (C=O) groups excluding carboxylic acids is 1. The van der Waals surface area contributed by atoms with Crippen molar-refractivity contribution in [3.63, 3.8) is 0 Å². The molecular formula is C14H18O2. The van der Waals surface area contributed by atoms with Gasteiger partial charge >= 0.3 is 0 Å². The van der Waals surface area contributed by atoms with Crippen molar-refractivity contribution in [3.05, 3.63) is 28.8 Å². The van der Waals surface area contributed by atoms with E-state index in [4.69, 9.17) is 4.74 Å². The highest BCUT2D eigenvalue weighted by Crippen LogP contribution is 2.29. The number of ketones is 1. The number of Topliss-reactive ketones (excluding diaryl/α,β-unsaturated/α-hetero) is 1. The van der Waals surface area contributed by atoms with Crippen LogP contribution >= 0.6 is 0 Å². The Balaban J connectivity index is 2.46. The Bertz CT molecular complexity index is 407. The van der Waals surface area contributed by atoms with E-state index in [1.165, 1.54) is 5.56 Å². The summed E-state index contributed by atoms with van der Waals surface area (Å²) in [4.78, 5) is 11.8. The van der Waals surface area contributed by atoms with Gasteiger partial charge in [-0.05, 0) is 42.5 Å². The summed E-state index contributed by atoms with van der Waals surface area (Å²) in [7, 11) is 1.70. The van der Waals surface area contributed by atoms with Crippen LogP contribution in [0.1, 0.15) is 47.7 Å². The van der Waals surface area contributed by atoms with Gasteiger partial charge < -0.3 is 4.74 Å². The highest BCUT2D eigenvalue weighted by Gasteiger charge is 2.19. The number of hydrogen-bond acceptors (Lipinski definition) is 2. The highest BCUT2D eigenvalue weighted by atomic mass is 16.5. The fourth-order valence-electron chi connectivity index (χ4n) is 2.36. The number of benzene rings is 1. The van der Waals surface area contributed by atoms with Crippen LogP contribution in [0.4, 0.5) is 0 Å². The molecule has 0 N–H and O–H groups in total. The fraction of sp³-hybridized carbons (Fsp3) is 0.500. The molecule has 0 saturated carbocycles. The molecule has 2 nitrogen and oxygen atoms in total. The first-order valence-corrected chi connectivity index (χ1v) is 5.99. The number of ether oxygens (including phenoxy) is 1. The van der Waals surface area contributed by atoms with Crippen LogP contribution in [-0.2, 0) is 12.8 Å². The number of carbonyl (C=O) groups is 1. The van der Waals surface area contributed by atoms with Gasteiger partial charge in [-0.3, -0.25) is 4.79 Å². The second kappa shape index (κ2) is 4.69. The molecule has 0 atom stereocenters. The Morgan fingerprint density at radius 3 is 2.81 bits per heavy atom. The van der Waals surface area contributed by atoms with Crippen LogP contribution in [-0.4, -0.2) is 12.9 Å². The van der Waals surface area contributed by atoms with Crippen molar-refractivity contribution in [2.75, 3.05) is 7.11 Å². The fourth-order valence-corrected chi connectivity index (χ4v) is 2.36. The Labute approximate surface area is 96.6 Å². The smallest absolute Gasteiger partial charge is 0.163 e. The summed E-state index contributed by atoms with van der Waals surface area (Å²) in [5.41, 5.74) is 3.25. The first kappa shape index (κ1) is 11.2. The first-order valence-electron chi connectivity index (χ1n) is 5.99. The Morgan fingerprint density at radius 2 is 2.12 bits per heavy atom. The van der Waals surface area contributed by atoms with Gasteiger partial charge in [0, 0.05) is 12.0 Å². The molecule has 0 aromatic heterocycles. The molecule has 0 amide bonds. The molecule has 1 aromatic rings. The van der Waals surface area contributed by atoms with E-state index >= 15 is 0 Å². The van der Waals surface area contributed by atoms with E-state index in [-0.39, 0.29) is 0 Å². The molecule has 2 rings (SSSR count). The lowest BCUT2D eigenvalue weighted by Crippen LogP contribution is -2.12. The van der Waals surface area contributed by atoms with Crippen molar-refractivity contribution in [3.8, 4) is 5.75 Å². The summed E-state index contributed by atoms with van der Waals surface area (Å²) in [6.45, 7) is 2.14. The molecule has 0 radical (unpaired) electrons. The molecule has 0 saturated heterocycles. The molecule has 2 heteroatoms. The summed E-state index contributed by atoms with van der Waals surface area (Å²) in [6, 6.07) is 4.09. The van der Waals surface area contributed by atoms with Crippen LogP contribution in [0.3, 0.4) is 0 Å². The van der Waals surface area contributed by atoms with Gasteiger partial charge in [0.25, 0.3) is 0 Å². The third-order valence-electron chi connectivity index (χ3n) is 3.18. The standard InChI is InChI=1S/C14H18O2/c1-3-5-11-8-12-10(9-14(11)16-2)6-4-7-13(12)15/h8-9H,3-7H2,1-2H3. The number of hydrogen-bond donors (Lipinski definition) is 0. The van der Waals surface area contributed by atoms with Crippen molar-refractivity contribution >= 4 is 5.78 Å². The number of methoxy groups -OCH3 is 1. The third kappa shape index (κ3) is 1.97. The van der Waals surface area contributed by atoms with Gasteiger partial charge in [0.1, 0.15) is 5.75 Å². The van der Waals surface area contributed by atoms with E-state index in [1.54, 1.807) is 7.11 Å². The van der Waals surface area contributed by atoms with Crippen molar-refractivity contribution in [1.82, 2.24) is 0 Å². The molecule has 0 heterocycles. The zero-order chi connectivity index (χ0) is 11.5. The van der Waals surface area contributed by atoms with Crippen LogP contribution in [0, 0.1) is 0 Å². The van der Waals surface area contributed by atoms with Crippen molar-refractivity contribution < 1.29 is 9.53 Å². The molecule has 1 aliphatic rings. The van der Waals surface area contributed by atoms with Gasteiger partial charge in [-0.25, -0.2) is 0 Å². The minimum atomic E-state index is 0.293. The predicted molar refractivity (Wildman–Crippen MR) is 64.3 cm³/mol. The maximum Gasteiger partial charge on any atom is 0.163 e. The average molecular weight is 218 g/mol. The quantitative estimate of drug-likeness (QED) is 0.779. The van der Waals surface area contributed by atoms with Gasteiger partial charge in [0.05, 0.1) is 7.11 Å². The largest absolute Gasteiger partial charge is 0.496 e. The molecule has 0 spiro atoms. The lowest BCUT2D eigenvalue weighted by Gasteiger charge is -2.18. The molecule has 86 valence electrons. The third-order valence-corrected chi connectivity index (χ3v) is 3.18. The topological polar surface area (TPSA) is 26.3 Å². The van der Waals surface area contributed by atoms with Crippen LogP contribution in [0.5, 0.6) is 5.75 Å². The van der Waals surface area contributed by atoms with Crippen LogP contribution in [0.25, 0.3) is 0 Å². The monoisotopic (exact) mass is 218 g/mol. The summed E-state index contributed by atoms with van der Waals surface area (Å²) in [5.74, 6) is 1.23. The first-order chi connectivity index (χ1) is 7.76. The Hall–Kier alpha value is -1.31. The van der Waals surface area contributed by atoms with Crippen LogP contribution in [0.15, 0.2) is 12.1 Å². The molecule has 0 unspecified atom stereocenters. The van der Waals surface area contributed by atoms with Gasteiger partial charge in [-0.2, -0.15) is 0 Å². The lowest BCUT2D eigenvalue weighted by molar-refractivity contribution is 0.0972. The molecular weight excluding hydrogens is 200 g/mol. The zero-order valence-electron chi connectivity index (χ0n) is 10.0. The summed E-state index contributed by atoms with van der Waals surface area (Å²) >= 11 is 0. The molecule has 1 aromatic carbocycles. The zero-order valence-corrected chi connectivity index (χ0v) is 10.0. The minimum absolute atomic E-state index is 0.293. The van der Waals surface area contributed by atoms with Gasteiger partial charge in [0.2, 0.25) is 0 Å². The molecule has 0 fully saturated rings.